The molecule has 0 spiro atoms. The molecule has 0 aromatic heterocycles. The van der Waals surface area contributed by atoms with Crippen molar-refractivity contribution in [2.45, 2.75) is 26.7 Å². The number of nitrogens with one attached hydrogen (secondary N) is 2. The van der Waals surface area contributed by atoms with Gasteiger partial charge in [0.1, 0.15) is 0 Å². The number of aliphatic carboxylic acids is 1. The summed E-state index contributed by atoms with van der Waals surface area (Å²) in [6.45, 7) is 5.13. The molecule has 1 saturated heterocycles. The monoisotopic (exact) mass is 228 g/mol. The van der Waals surface area contributed by atoms with Crippen molar-refractivity contribution in [1.29, 1.82) is 0 Å². The summed E-state index contributed by atoms with van der Waals surface area (Å²) in [5.41, 5.74) is -0.900. The number of carbonyl (C=O) groups excluding carboxylic acids is 1. The topological polar surface area (TPSA) is 78.4 Å². The highest BCUT2D eigenvalue weighted by Crippen LogP contribution is 2.15. The minimum Gasteiger partial charge on any atom is -0.481 e. The fraction of sp³-hybridized carbons (Fsp3) is 0.818. The van der Waals surface area contributed by atoms with E-state index in [1.807, 2.05) is 0 Å². The zero-order chi connectivity index (χ0) is 12.2. The largest absolute Gasteiger partial charge is 0.481 e. The van der Waals surface area contributed by atoms with Crippen LogP contribution in [0.25, 0.3) is 0 Å². The molecule has 0 aliphatic carbocycles. The van der Waals surface area contributed by atoms with E-state index in [0.717, 1.165) is 25.9 Å². The summed E-state index contributed by atoms with van der Waals surface area (Å²) in [6.07, 6.45) is 1.67. The van der Waals surface area contributed by atoms with Gasteiger partial charge >= 0.3 is 5.97 Å². The number of hydrogen-bond acceptors (Lipinski definition) is 3. The maximum Gasteiger partial charge on any atom is 0.310 e. The number of rotatable bonds is 4. The molecular weight excluding hydrogens is 208 g/mol. The summed E-state index contributed by atoms with van der Waals surface area (Å²) in [7, 11) is 0. The molecular formula is C11H20N2O3. The van der Waals surface area contributed by atoms with Crippen molar-refractivity contribution in [3.63, 3.8) is 0 Å². The van der Waals surface area contributed by atoms with Gasteiger partial charge in [0, 0.05) is 12.5 Å². The minimum absolute atomic E-state index is 0.0178. The predicted octanol–water partition coefficient (Wildman–Crippen LogP) is 0.213. The van der Waals surface area contributed by atoms with Gasteiger partial charge in [-0.1, -0.05) is 0 Å². The van der Waals surface area contributed by atoms with Crippen LogP contribution in [0.5, 0.6) is 0 Å². The Morgan fingerprint density at radius 3 is 2.44 bits per heavy atom. The Bertz CT molecular complexity index is 270. The van der Waals surface area contributed by atoms with Crippen LogP contribution in [0.1, 0.15) is 26.7 Å². The average Bonchev–Trinajstić information content (AvgIpc) is 2.27. The molecule has 1 aliphatic rings. The molecule has 0 unspecified atom stereocenters. The fourth-order valence-corrected chi connectivity index (χ4v) is 1.61. The zero-order valence-corrected chi connectivity index (χ0v) is 9.88. The van der Waals surface area contributed by atoms with E-state index < -0.39 is 11.4 Å². The Morgan fingerprint density at radius 1 is 1.38 bits per heavy atom. The van der Waals surface area contributed by atoms with Crippen molar-refractivity contribution < 1.29 is 14.7 Å². The van der Waals surface area contributed by atoms with E-state index in [1.54, 1.807) is 13.8 Å². The molecule has 5 heteroatoms. The molecule has 5 nitrogen and oxygen atoms in total. The van der Waals surface area contributed by atoms with Gasteiger partial charge in [0.25, 0.3) is 0 Å². The van der Waals surface area contributed by atoms with Crippen LogP contribution in [0.2, 0.25) is 0 Å². The molecule has 1 amide bonds. The molecule has 16 heavy (non-hydrogen) atoms. The summed E-state index contributed by atoms with van der Waals surface area (Å²) in [5.74, 6) is -0.875. The van der Waals surface area contributed by atoms with Crippen molar-refractivity contribution >= 4 is 11.9 Å². The predicted molar refractivity (Wildman–Crippen MR) is 60.0 cm³/mol. The van der Waals surface area contributed by atoms with Crippen molar-refractivity contribution in [3.05, 3.63) is 0 Å². The van der Waals surface area contributed by atoms with Gasteiger partial charge in [-0.2, -0.15) is 0 Å². The van der Waals surface area contributed by atoms with Crippen LogP contribution in [0.4, 0.5) is 0 Å². The lowest BCUT2D eigenvalue weighted by Crippen LogP contribution is -2.43. The van der Waals surface area contributed by atoms with E-state index in [9.17, 15) is 9.59 Å². The highest BCUT2D eigenvalue weighted by molar-refractivity contribution is 5.80. The van der Waals surface area contributed by atoms with Crippen LogP contribution in [0.15, 0.2) is 0 Å². The number of piperidine rings is 1. The van der Waals surface area contributed by atoms with E-state index in [-0.39, 0.29) is 18.4 Å². The van der Waals surface area contributed by atoms with Crippen LogP contribution in [0, 0.1) is 11.3 Å². The van der Waals surface area contributed by atoms with E-state index in [0.29, 0.717) is 0 Å². The minimum atomic E-state index is -0.900. The molecule has 92 valence electrons. The smallest absolute Gasteiger partial charge is 0.310 e. The Kier molecular flexibility index (Phi) is 4.29. The number of hydrogen-bond donors (Lipinski definition) is 3. The molecule has 3 N–H and O–H groups in total. The van der Waals surface area contributed by atoms with Crippen molar-refractivity contribution in [2.24, 2.45) is 11.3 Å². The summed E-state index contributed by atoms with van der Waals surface area (Å²) >= 11 is 0. The second kappa shape index (κ2) is 5.30. The molecule has 0 aromatic carbocycles. The van der Waals surface area contributed by atoms with E-state index in [4.69, 9.17) is 5.11 Å². The lowest BCUT2D eigenvalue weighted by atomic mass is 9.92. The van der Waals surface area contributed by atoms with Crippen molar-refractivity contribution in [2.75, 3.05) is 19.6 Å². The first-order valence-corrected chi connectivity index (χ1v) is 5.65. The number of carbonyl (C=O) groups is 2. The molecule has 0 radical (unpaired) electrons. The van der Waals surface area contributed by atoms with Gasteiger partial charge in [0.2, 0.25) is 5.91 Å². The normalized spacial score (nSPS) is 18.1. The van der Waals surface area contributed by atoms with Crippen LogP contribution in [-0.4, -0.2) is 36.6 Å². The highest BCUT2D eigenvalue weighted by Gasteiger charge is 2.29. The third-order valence-corrected chi connectivity index (χ3v) is 2.99. The van der Waals surface area contributed by atoms with Gasteiger partial charge < -0.3 is 15.7 Å². The Labute approximate surface area is 95.6 Å². The Balaban J connectivity index is 2.37. The molecule has 0 saturated carbocycles. The van der Waals surface area contributed by atoms with E-state index >= 15 is 0 Å². The lowest BCUT2D eigenvalue weighted by molar-refractivity contribution is -0.146. The first kappa shape index (κ1) is 13.0. The first-order valence-electron chi connectivity index (χ1n) is 5.65. The summed E-state index contributed by atoms with van der Waals surface area (Å²) in [4.78, 5) is 22.6. The molecule has 0 aromatic rings. The van der Waals surface area contributed by atoms with Gasteiger partial charge in [-0.25, -0.2) is 0 Å². The molecule has 1 rings (SSSR count). The third-order valence-electron chi connectivity index (χ3n) is 2.99. The van der Waals surface area contributed by atoms with Gasteiger partial charge in [-0.05, 0) is 39.8 Å². The SMILES string of the molecule is CC(C)(CNC(=O)C1CCNCC1)C(=O)O. The highest BCUT2D eigenvalue weighted by atomic mass is 16.4. The lowest BCUT2D eigenvalue weighted by Gasteiger charge is -2.24. The molecule has 0 bridgehead atoms. The van der Waals surface area contributed by atoms with Crippen LogP contribution < -0.4 is 10.6 Å². The van der Waals surface area contributed by atoms with E-state index in [2.05, 4.69) is 10.6 Å². The van der Waals surface area contributed by atoms with Gasteiger partial charge in [0.15, 0.2) is 0 Å². The van der Waals surface area contributed by atoms with Crippen molar-refractivity contribution in [3.8, 4) is 0 Å². The summed E-state index contributed by atoms with van der Waals surface area (Å²) in [6, 6.07) is 0. The van der Waals surface area contributed by atoms with Crippen LogP contribution >= 0.6 is 0 Å². The molecule has 0 atom stereocenters. The van der Waals surface area contributed by atoms with Crippen molar-refractivity contribution in [1.82, 2.24) is 10.6 Å². The third kappa shape index (κ3) is 3.48. The summed E-state index contributed by atoms with van der Waals surface area (Å²) < 4.78 is 0. The standard InChI is InChI=1S/C11H20N2O3/c1-11(2,10(15)16)7-13-9(14)8-3-5-12-6-4-8/h8,12H,3-7H2,1-2H3,(H,13,14)(H,15,16). The quantitative estimate of drug-likeness (QED) is 0.643. The zero-order valence-electron chi connectivity index (χ0n) is 9.88. The number of amides is 1. The molecule has 1 aliphatic heterocycles. The molecule has 1 fully saturated rings. The second-order valence-corrected chi connectivity index (χ2v) is 4.93. The first-order chi connectivity index (χ1) is 7.43. The molecule has 1 heterocycles. The number of carboxylic acids is 1. The second-order valence-electron chi connectivity index (χ2n) is 4.93. The fourth-order valence-electron chi connectivity index (χ4n) is 1.61. The summed E-state index contributed by atoms with van der Waals surface area (Å²) in [5, 5.41) is 14.8. The Morgan fingerprint density at radius 2 is 1.94 bits per heavy atom. The van der Waals surface area contributed by atoms with Gasteiger partial charge in [-0.15, -0.1) is 0 Å². The maximum absolute atomic E-state index is 11.7. The van der Waals surface area contributed by atoms with Crippen LogP contribution in [-0.2, 0) is 9.59 Å². The Hall–Kier alpha value is -1.10. The average molecular weight is 228 g/mol. The number of carboxylic acid groups (broad SMARTS) is 1. The van der Waals surface area contributed by atoms with E-state index in [1.165, 1.54) is 0 Å². The van der Waals surface area contributed by atoms with Gasteiger partial charge in [-0.3, -0.25) is 9.59 Å². The van der Waals surface area contributed by atoms with Crippen LogP contribution in [0.3, 0.4) is 0 Å². The maximum atomic E-state index is 11.7. The van der Waals surface area contributed by atoms with Gasteiger partial charge in [0.05, 0.1) is 5.41 Å².